The molecular formula is C14H9BrF2N2O2. The third kappa shape index (κ3) is 3.28. The van der Waals surface area contributed by atoms with Gasteiger partial charge >= 0.3 is 0 Å². The summed E-state index contributed by atoms with van der Waals surface area (Å²) in [6.07, 6.45) is -2.57. The van der Waals surface area contributed by atoms with Crippen LogP contribution in [0.1, 0.15) is 10.5 Å². The van der Waals surface area contributed by atoms with Crippen molar-refractivity contribution in [2.45, 2.75) is 6.43 Å². The van der Waals surface area contributed by atoms with Crippen molar-refractivity contribution < 1.29 is 18.3 Å². The Bertz CT molecular complexity index is 762. The molecule has 0 saturated carbocycles. The standard InChI is InChI=1S/C14H9BrF2N2O2/c1-7(5-18)14(20)11-2-8-3-12(21-6-13(16)17)9(15)4-10(8)19-11/h2-4,13,19H,1,6H2. The maximum Gasteiger partial charge on any atom is 0.272 e. The van der Waals surface area contributed by atoms with Crippen molar-refractivity contribution in [1.29, 1.82) is 5.26 Å². The lowest BCUT2D eigenvalue weighted by molar-refractivity contribution is 0.0816. The number of benzene rings is 1. The number of alkyl halides is 2. The van der Waals surface area contributed by atoms with Crippen LogP contribution in [0, 0.1) is 11.3 Å². The zero-order valence-corrected chi connectivity index (χ0v) is 12.2. The molecule has 0 spiro atoms. The van der Waals surface area contributed by atoms with E-state index in [0.717, 1.165) is 0 Å². The first-order valence-corrected chi connectivity index (χ1v) is 6.58. The average molecular weight is 355 g/mol. The molecule has 0 saturated heterocycles. The third-order valence-corrected chi connectivity index (χ3v) is 3.31. The van der Waals surface area contributed by atoms with Gasteiger partial charge in [0.25, 0.3) is 6.43 Å². The van der Waals surface area contributed by atoms with Crippen molar-refractivity contribution in [3.05, 3.63) is 40.5 Å². The third-order valence-electron chi connectivity index (χ3n) is 2.69. The minimum Gasteiger partial charge on any atom is -0.486 e. The quantitative estimate of drug-likeness (QED) is 0.504. The van der Waals surface area contributed by atoms with E-state index < -0.39 is 18.8 Å². The summed E-state index contributed by atoms with van der Waals surface area (Å²) < 4.78 is 29.8. The summed E-state index contributed by atoms with van der Waals surface area (Å²) in [5.41, 5.74) is 0.629. The van der Waals surface area contributed by atoms with Crippen molar-refractivity contribution >= 4 is 32.6 Å². The molecule has 2 rings (SSSR count). The van der Waals surface area contributed by atoms with Crippen LogP contribution in [0.2, 0.25) is 0 Å². The number of carbonyl (C=O) groups is 1. The van der Waals surface area contributed by atoms with Crippen LogP contribution in [-0.4, -0.2) is 23.8 Å². The van der Waals surface area contributed by atoms with Gasteiger partial charge in [-0.15, -0.1) is 0 Å². The Hall–Kier alpha value is -2.20. The highest BCUT2D eigenvalue weighted by Crippen LogP contribution is 2.31. The van der Waals surface area contributed by atoms with Crippen molar-refractivity contribution in [2.75, 3.05) is 6.61 Å². The van der Waals surface area contributed by atoms with Crippen LogP contribution in [0.5, 0.6) is 5.75 Å². The second-order valence-corrected chi connectivity index (χ2v) is 5.03. The summed E-state index contributed by atoms with van der Waals surface area (Å²) in [6, 6.07) is 6.34. The molecular weight excluding hydrogens is 346 g/mol. The van der Waals surface area contributed by atoms with E-state index >= 15 is 0 Å². The topological polar surface area (TPSA) is 65.9 Å². The molecule has 21 heavy (non-hydrogen) atoms. The molecule has 4 nitrogen and oxygen atoms in total. The van der Waals surface area contributed by atoms with Crippen molar-refractivity contribution in [2.24, 2.45) is 0 Å². The number of nitrogens with zero attached hydrogens (tertiary/aromatic N) is 1. The molecule has 1 aromatic carbocycles. The molecule has 0 aliphatic rings. The normalized spacial score (nSPS) is 10.6. The summed E-state index contributed by atoms with van der Waals surface area (Å²) in [4.78, 5) is 14.7. The van der Waals surface area contributed by atoms with Gasteiger partial charge in [0.1, 0.15) is 18.4 Å². The van der Waals surface area contributed by atoms with Gasteiger partial charge in [0.2, 0.25) is 5.78 Å². The fourth-order valence-electron chi connectivity index (χ4n) is 1.73. The summed E-state index contributed by atoms with van der Waals surface area (Å²) in [7, 11) is 0. The number of rotatable bonds is 5. The lowest BCUT2D eigenvalue weighted by Crippen LogP contribution is -2.07. The molecule has 0 amide bonds. The number of halogens is 3. The van der Waals surface area contributed by atoms with Crippen LogP contribution in [-0.2, 0) is 0 Å². The zero-order valence-electron chi connectivity index (χ0n) is 10.6. The zero-order chi connectivity index (χ0) is 15.6. The van der Waals surface area contributed by atoms with E-state index in [1.807, 2.05) is 0 Å². The van der Waals surface area contributed by atoms with Gasteiger partial charge in [0, 0.05) is 10.9 Å². The Morgan fingerprint density at radius 3 is 2.81 bits per heavy atom. The fourth-order valence-corrected chi connectivity index (χ4v) is 2.19. The minimum absolute atomic E-state index is 0.185. The van der Waals surface area contributed by atoms with Gasteiger partial charge in [0.05, 0.1) is 15.7 Å². The number of H-pyrrole nitrogens is 1. The number of ether oxygens (including phenoxy) is 1. The Balaban J connectivity index is 2.38. The van der Waals surface area contributed by atoms with Crippen LogP contribution >= 0.6 is 15.9 Å². The number of nitriles is 1. The van der Waals surface area contributed by atoms with E-state index in [1.165, 1.54) is 12.1 Å². The lowest BCUT2D eigenvalue weighted by atomic mass is 10.1. The number of hydrogen-bond donors (Lipinski definition) is 1. The van der Waals surface area contributed by atoms with Crippen LogP contribution in [0.4, 0.5) is 8.78 Å². The summed E-state index contributed by atoms with van der Waals surface area (Å²) in [6.45, 7) is 2.64. The van der Waals surface area contributed by atoms with Gasteiger partial charge < -0.3 is 9.72 Å². The Labute approximate surface area is 127 Å². The number of hydrogen-bond acceptors (Lipinski definition) is 3. The molecule has 0 unspecified atom stereocenters. The smallest absolute Gasteiger partial charge is 0.272 e. The van der Waals surface area contributed by atoms with Crippen LogP contribution < -0.4 is 4.74 Å². The predicted molar refractivity (Wildman–Crippen MR) is 76.6 cm³/mol. The largest absolute Gasteiger partial charge is 0.486 e. The number of ketones is 1. The minimum atomic E-state index is -2.57. The van der Waals surface area contributed by atoms with E-state index in [9.17, 15) is 13.6 Å². The molecule has 7 heteroatoms. The van der Waals surface area contributed by atoms with Gasteiger partial charge in [-0.05, 0) is 34.1 Å². The monoisotopic (exact) mass is 354 g/mol. The van der Waals surface area contributed by atoms with Gasteiger partial charge in [-0.2, -0.15) is 5.26 Å². The molecule has 0 bridgehead atoms. The second-order valence-electron chi connectivity index (χ2n) is 4.17. The summed E-state index contributed by atoms with van der Waals surface area (Å²) >= 11 is 3.21. The van der Waals surface area contributed by atoms with Crippen molar-refractivity contribution in [3.63, 3.8) is 0 Å². The Morgan fingerprint density at radius 1 is 1.48 bits per heavy atom. The molecule has 0 radical (unpaired) electrons. The molecule has 0 aliphatic heterocycles. The number of fused-ring (bicyclic) bond motifs is 1. The van der Waals surface area contributed by atoms with Gasteiger partial charge in [-0.3, -0.25) is 4.79 Å². The first-order chi connectivity index (χ1) is 9.92. The van der Waals surface area contributed by atoms with Gasteiger partial charge in [-0.25, -0.2) is 8.78 Å². The van der Waals surface area contributed by atoms with E-state index in [4.69, 9.17) is 10.00 Å². The first kappa shape index (κ1) is 15.2. The van der Waals surface area contributed by atoms with E-state index in [-0.39, 0.29) is 17.0 Å². The number of aromatic amines is 1. The highest BCUT2D eigenvalue weighted by molar-refractivity contribution is 9.10. The SMILES string of the molecule is C=C(C#N)C(=O)c1cc2cc(OCC(F)F)c(Br)cc2[nH]1. The maximum absolute atomic E-state index is 12.2. The average Bonchev–Trinajstić information content (AvgIpc) is 2.85. The number of carbonyl (C=O) groups excluding carboxylic acids is 1. The highest BCUT2D eigenvalue weighted by Gasteiger charge is 2.15. The van der Waals surface area contributed by atoms with Crippen molar-refractivity contribution in [3.8, 4) is 11.8 Å². The number of allylic oxidation sites excluding steroid dienone is 1. The van der Waals surface area contributed by atoms with Gasteiger partial charge in [0.15, 0.2) is 0 Å². The second kappa shape index (κ2) is 6.06. The first-order valence-electron chi connectivity index (χ1n) is 5.79. The lowest BCUT2D eigenvalue weighted by Gasteiger charge is -2.07. The van der Waals surface area contributed by atoms with Crippen molar-refractivity contribution in [1.82, 2.24) is 4.98 Å². The van der Waals surface area contributed by atoms with Crippen LogP contribution in [0.3, 0.4) is 0 Å². The molecule has 0 aliphatic carbocycles. The molecule has 108 valence electrons. The van der Waals surface area contributed by atoms with E-state index in [2.05, 4.69) is 27.5 Å². The number of Topliss-reactive ketones (excluding diaryl/α,β-unsaturated/α-hetero) is 1. The molecule has 0 atom stereocenters. The molecule has 1 aromatic heterocycles. The predicted octanol–water partition coefficient (Wildman–Crippen LogP) is 3.84. The molecule has 1 N–H and O–H groups in total. The molecule has 1 heterocycles. The van der Waals surface area contributed by atoms with Crippen LogP contribution in [0.25, 0.3) is 10.9 Å². The van der Waals surface area contributed by atoms with E-state index in [0.29, 0.717) is 15.4 Å². The number of nitrogens with one attached hydrogen (secondary N) is 1. The highest BCUT2D eigenvalue weighted by atomic mass is 79.9. The van der Waals surface area contributed by atoms with Crippen LogP contribution in [0.15, 0.2) is 34.8 Å². The maximum atomic E-state index is 12.2. The summed E-state index contributed by atoms with van der Waals surface area (Å²) in [5.74, 6) is -0.264. The van der Waals surface area contributed by atoms with E-state index in [1.54, 1.807) is 12.1 Å². The molecule has 2 aromatic rings. The number of aromatic nitrogens is 1. The Kier molecular flexibility index (Phi) is 4.38. The Morgan fingerprint density at radius 2 is 2.19 bits per heavy atom. The van der Waals surface area contributed by atoms with Gasteiger partial charge in [-0.1, -0.05) is 6.58 Å². The summed E-state index contributed by atoms with van der Waals surface area (Å²) in [5, 5.41) is 9.28. The fraction of sp³-hybridized carbons (Fsp3) is 0.143. The molecule has 0 fully saturated rings.